The average Bonchev–Trinajstić information content (AvgIpc) is 3.22. The molecule has 0 saturated carbocycles. The third kappa shape index (κ3) is 7.37. The van der Waals surface area contributed by atoms with Crippen molar-refractivity contribution in [3.8, 4) is 0 Å². The molecule has 0 spiro atoms. The Morgan fingerprint density at radius 2 is 1.85 bits per heavy atom. The number of likely N-dealkylation sites (N-methyl/N-ethyl adjacent to an activating group) is 1. The number of aliphatic hydroxyl groups excluding tert-OH is 1. The number of benzene rings is 1. The first kappa shape index (κ1) is 25.4. The second-order valence-electron chi connectivity index (χ2n) is 8.18. The summed E-state index contributed by atoms with van der Waals surface area (Å²) in [6, 6.07) is 8.94. The van der Waals surface area contributed by atoms with E-state index in [0.29, 0.717) is 17.1 Å². The van der Waals surface area contributed by atoms with E-state index in [9.17, 15) is 14.1 Å². The number of amides is 1. The standard InChI is InChI=1S/C24H33N3O4S2/c1-3-4-5-6-7-8-9-12-15-33(30)17-18-16-21(26-31-18)25-24(29)22-23(28)19-13-10-11-14-20(19)32-27(22)2/h10-11,13-14,16,28H,3-9,12,15,17H2,1-2H3,(H,25,26,29). The minimum Gasteiger partial charge on any atom is -0.505 e. The van der Waals surface area contributed by atoms with Gasteiger partial charge in [-0.05, 0) is 30.5 Å². The smallest absolute Gasteiger partial charge is 0.277 e. The van der Waals surface area contributed by atoms with Gasteiger partial charge in [0.2, 0.25) is 0 Å². The summed E-state index contributed by atoms with van der Waals surface area (Å²) in [5.41, 5.74) is 0.754. The molecule has 3 rings (SSSR count). The Balaban J connectivity index is 1.46. The molecule has 9 heteroatoms. The van der Waals surface area contributed by atoms with Crippen molar-refractivity contribution in [1.82, 2.24) is 9.46 Å². The number of hydrogen-bond donors (Lipinski definition) is 2. The fraction of sp³-hybridized carbons (Fsp3) is 0.500. The normalized spacial score (nSPS) is 14.3. The van der Waals surface area contributed by atoms with Gasteiger partial charge in [0.15, 0.2) is 23.0 Å². The van der Waals surface area contributed by atoms with E-state index in [1.807, 2.05) is 18.2 Å². The summed E-state index contributed by atoms with van der Waals surface area (Å²) in [4.78, 5) is 13.7. The molecule has 0 radical (unpaired) electrons. The molecule has 1 unspecified atom stereocenters. The molecule has 1 atom stereocenters. The molecular weight excluding hydrogens is 458 g/mol. The molecule has 0 saturated heterocycles. The van der Waals surface area contributed by atoms with Gasteiger partial charge in [0.05, 0.1) is 5.75 Å². The third-order valence-electron chi connectivity index (χ3n) is 5.46. The highest BCUT2D eigenvalue weighted by Gasteiger charge is 2.28. The lowest BCUT2D eigenvalue weighted by atomic mass is 10.1. The Bertz CT molecular complexity index is 990. The van der Waals surface area contributed by atoms with Crippen LogP contribution in [-0.4, -0.2) is 37.5 Å². The van der Waals surface area contributed by atoms with Crippen LogP contribution in [-0.2, 0) is 21.3 Å². The molecule has 0 fully saturated rings. The minimum absolute atomic E-state index is 0.0838. The first-order chi connectivity index (χ1) is 16.0. The lowest BCUT2D eigenvalue weighted by Gasteiger charge is -2.27. The van der Waals surface area contributed by atoms with Crippen LogP contribution in [0.5, 0.6) is 0 Å². The lowest BCUT2D eigenvalue weighted by Crippen LogP contribution is -2.27. The predicted molar refractivity (Wildman–Crippen MR) is 134 cm³/mol. The molecule has 0 bridgehead atoms. The number of rotatable bonds is 13. The van der Waals surface area contributed by atoms with Crippen LogP contribution in [0.2, 0.25) is 0 Å². The van der Waals surface area contributed by atoms with Crippen molar-refractivity contribution in [3.63, 3.8) is 0 Å². The second-order valence-corrected chi connectivity index (χ2v) is 10.9. The third-order valence-corrected chi connectivity index (χ3v) is 7.82. The fourth-order valence-electron chi connectivity index (χ4n) is 3.71. The fourth-order valence-corrected chi connectivity index (χ4v) is 5.79. The second kappa shape index (κ2) is 12.8. The summed E-state index contributed by atoms with van der Waals surface area (Å²) in [7, 11) is 0.688. The van der Waals surface area contributed by atoms with Crippen molar-refractivity contribution in [2.45, 2.75) is 68.9 Å². The van der Waals surface area contributed by atoms with Gasteiger partial charge in [-0.15, -0.1) is 0 Å². The lowest BCUT2D eigenvalue weighted by molar-refractivity contribution is -0.113. The predicted octanol–water partition coefficient (Wildman–Crippen LogP) is 5.88. The largest absolute Gasteiger partial charge is 0.505 e. The van der Waals surface area contributed by atoms with Gasteiger partial charge in [-0.1, -0.05) is 69.2 Å². The van der Waals surface area contributed by atoms with Crippen LogP contribution in [0.4, 0.5) is 5.82 Å². The molecule has 7 nitrogen and oxygen atoms in total. The van der Waals surface area contributed by atoms with Crippen LogP contribution in [0.1, 0.15) is 69.6 Å². The average molecular weight is 492 g/mol. The Morgan fingerprint density at radius 3 is 2.61 bits per heavy atom. The molecule has 0 aliphatic carbocycles. The highest BCUT2D eigenvalue weighted by atomic mass is 32.2. The highest BCUT2D eigenvalue weighted by Crippen LogP contribution is 2.38. The molecule has 2 N–H and O–H groups in total. The Kier molecular flexibility index (Phi) is 9.87. The summed E-state index contributed by atoms with van der Waals surface area (Å²) in [6.45, 7) is 2.22. The molecule has 1 aromatic carbocycles. The molecule has 1 aliphatic heterocycles. The maximum absolute atomic E-state index is 12.8. The number of aromatic nitrogens is 1. The molecule has 1 aromatic heterocycles. The number of hydrogen-bond acceptors (Lipinski definition) is 7. The molecule has 2 aromatic rings. The number of aliphatic hydroxyl groups is 1. The van der Waals surface area contributed by atoms with Crippen molar-refractivity contribution < 1.29 is 18.6 Å². The summed E-state index contributed by atoms with van der Waals surface area (Å²) in [6.07, 6.45) is 9.66. The molecule has 1 amide bonds. The summed E-state index contributed by atoms with van der Waals surface area (Å²) >= 11 is 1.36. The maximum atomic E-state index is 12.8. The first-order valence-electron chi connectivity index (χ1n) is 11.6. The van der Waals surface area contributed by atoms with Crippen LogP contribution >= 0.6 is 11.9 Å². The molecule has 33 heavy (non-hydrogen) atoms. The van der Waals surface area contributed by atoms with E-state index in [2.05, 4.69) is 17.4 Å². The van der Waals surface area contributed by atoms with Crippen molar-refractivity contribution in [2.24, 2.45) is 0 Å². The summed E-state index contributed by atoms with van der Waals surface area (Å²) in [5, 5.41) is 17.2. The van der Waals surface area contributed by atoms with E-state index in [0.717, 1.165) is 17.7 Å². The van der Waals surface area contributed by atoms with Gasteiger partial charge in [0, 0.05) is 40.1 Å². The van der Waals surface area contributed by atoms with Gasteiger partial charge in [0.1, 0.15) is 0 Å². The SMILES string of the molecule is CCCCCCCCCCS(=O)Cc1cc(NC(=O)C2=C(O)c3ccccc3SN2C)no1. The topological polar surface area (TPSA) is 95.7 Å². The molecular formula is C24H33N3O4S2. The highest BCUT2D eigenvalue weighted by molar-refractivity contribution is 7.97. The Morgan fingerprint density at radius 1 is 1.15 bits per heavy atom. The quantitative estimate of drug-likeness (QED) is 0.267. The van der Waals surface area contributed by atoms with Crippen molar-refractivity contribution in [2.75, 3.05) is 18.1 Å². The molecule has 1 aliphatic rings. The van der Waals surface area contributed by atoms with E-state index in [1.165, 1.54) is 50.5 Å². The van der Waals surface area contributed by atoms with Gasteiger partial charge < -0.3 is 19.3 Å². The number of carbonyl (C=O) groups is 1. The van der Waals surface area contributed by atoms with E-state index in [4.69, 9.17) is 4.52 Å². The van der Waals surface area contributed by atoms with Crippen LogP contribution in [0.15, 0.2) is 45.4 Å². The van der Waals surface area contributed by atoms with Crippen LogP contribution < -0.4 is 5.32 Å². The van der Waals surface area contributed by atoms with Gasteiger partial charge in [0.25, 0.3) is 5.91 Å². The number of carbonyl (C=O) groups excluding carboxylic acids is 1. The van der Waals surface area contributed by atoms with Gasteiger partial charge in [-0.3, -0.25) is 9.00 Å². The van der Waals surface area contributed by atoms with E-state index in [-0.39, 0.29) is 23.0 Å². The van der Waals surface area contributed by atoms with Crippen LogP contribution in [0.3, 0.4) is 0 Å². The van der Waals surface area contributed by atoms with Gasteiger partial charge in [-0.2, -0.15) is 0 Å². The van der Waals surface area contributed by atoms with Crippen molar-refractivity contribution >= 4 is 40.2 Å². The summed E-state index contributed by atoms with van der Waals surface area (Å²) < 4.78 is 19.2. The molecule has 2 heterocycles. The maximum Gasteiger partial charge on any atom is 0.277 e. The van der Waals surface area contributed by atoms with E-state index >= 15 is 0 Å². The summed E-state index contributed by atoms with van der Waals surface area (Å²) in [5.74, 6) is 1.04. The number of nitrogens with zero attached hydrogens (tertiary/aromatic N) is 2. The zero-order chi connectivity index (χ0) is 23.6. The number of nitrogens with one attached hydrogen (secondary N) is 1. The van der Waals surface area contributed by atoms with Gasteiger partial charge in [-0.25, -0.2) is 0 Å². The first-order valence-corrected chi connectivity index (χ1v) is 13.8. The van der Waals surface area contributed by atoms with Gasteiger partial charge >= 0.3 is 0 Å². The van der Waals surface area contributed by atoms with Crippen LogP contribution in [0, 0.1) is 0 Å². The van der Waals surface area contributed by atoms with E-state index < -0.39 is 16.7 Å². The van der Waals surface area contributed by atoms with Crippen molar-refractivity contribution in [1.29, 1.82) is 0 Å². The number of anilines is 1. The minimum atomic E-state index is -1.03. The van der Waals surface area contributed by atoms with Crippen LogP contribution in [0.25, 0.3) is 5.76 Å². The zero-order valence-corrected chi connectivity index (χ0v) is 21.0. The van der Waals surface area contributed by atoms with Crippen molar-refractivity contribution in [3.05, 3.63) is 47.4 Å². The monoisotopic (exact) mass is 491 g/mol. The number of fused-ring (bicyclic) bond motifs is 1. The Labute approximate surface area is 202 Å². The zero-order valence-electron chi connectivity index (χ0n) is 19.3. The molecule has 180 valence electrons. The Hall–Kier alpha value is -2.26. The number of unbranched alkanes of at least 4 members (excludes halogenated alkanes) is 7. The van der Waals surface area contributed by atoms with E-state index in [1.54, 1.807) is 23.5 Å².